The Morgan fingerprint density at radius 2 is 0.343 bits per heavy atom. The molecule has 0 saturated heterocycles. The SMILES string of the molecule is c1ccc(-n2c(-c3ccc(-c4cc(-c5cccc(-n6c7ccccc7c7cc(-c8ccc9c(c8)c8ccccc8n9-c8ccccc8)ccc76)c5)c(-c5ccc(-c6nc7c8ccccc8c8ccccc8c7n6-c6ccccc6)cc5)cc4-c4cccc(-n5c6ccccc6c6cc(-c7ccc8c(c7)c7ccccc7n8-c7ccccc7)ccc65)c4)cc3)nc3c4ccccc4c4ccccc4c32)cc1. The Labute approximate surface area is 805 Å². The van der Waals surface area contributed by atoms with Crippen molar-refractivity contribution in [3.63, 3.8) is 0 Å². The van der Waals surface area contributed by atoms with Crippen LogP contribution in [0.5, 0.6) is 0 Å². The third-order valence-electron chi connectivity index (χ3n) is 29.4. The molecule has 0 saturated carbocycles. The molecule has 0 aliphatic heterocycles. The van der Waals surface area contributed by atoms with Crippen LogP contribution in [0.4, 0.5) is 0 Å². The van der Waals surface area contributed by atoms with Gasteiger partial charge >= 0.3 is 0 Å². The number of hydrogen-bond donors (Lipinski definition) is 0. The van der Waals surface area contributed by atoms with Crippen molar-refractivity contribution in [2.75, 3.05) is 0 Å². The van der Waals surface area contributed by atoms with Gasteiger partial charge in [0.1, 0.15) is 11.6 Å². The van der Waals surface area contributed by atoms with Gasteiger partial charge < -0.3 is 18.3 Å². The molecule has 8 nitrogen and oxygen atoms in total. The van der Waals surface area contributed by atoms with Gasteiger partial charge in [-0.2, -0.15) is 0 Å². The van der Waals surface area contributed by atoms with Crippen LogP contribution in [-0.4, -0.2) is 37.4 Å². The Bertz CT molecular complexity index is 9590. The Balaban J connectivity index is 0.641. The fourth-order valence-corrected chi connectivity index (χ4v) is 23.1. The molecule has 0 fully saturated rings. The van der Waals surface area contributed by atoms with Crippen molar-refractivity contribution >= 4 is 152 Å². The zero-order valence-electron chi connectivity index (χ0n) is 75.9. The first-order valence-corrected chi connectivity index (χ1v) is 48.1. The quantitative estimate of drug-likeness (QED) is 0.102. The van der Waals surface area contributed by atoms with Gasteiger partial charge in [0.05, 0.1) is 66.2 Å². The fraction of sp³-hybridized carbons (Fsp3) is 0. The maximum atomic E-state index is 5.78. The first-order valence-electron chi connectivity index (χ1n) is 48.1. The topological polar surface area (TPSA) is 55.4 Å². The number of hydrogen-bond acceptors (Lipinski definition) is 2. The molecule has 0 aliphatic rings. The molecule has 140 heavy (non-hydrogen) atoms. The summed E-state index contributed by atoms with van der Waals surface area (Å²) < 4.78 is 14.5. The molecule has 0 radical (unpaired) electrons. The molecule has 6 aromatic heterocycles. The highest BCUT2D eigenvalue weighted by Gasteiger charge is 2.28. The number of para-hydroxylation sites is 8. The summed E-state index contributed by atoms with van der Waals surface area (Å²) in [5.41, 5.74) is 34.9. The van der Waals surface area contributed by atoms with Gasteiger partial charge in [-0.05, 0) is 246 Å². The fourth-order valence-electron chi connectivity index (χ4n) is 23.1. The molecule has 8 heteroatoms. The van der Waals surface area contributed by atoms with Gasteiger partial charge in [0, 0.05) is 110 Å². The van der Waals surface area contributed by atoms with E-state index in [1.54, 1.807) is 0 Å². The van der Waals surface area contributed by atoms with Gasteiger partial charge in [-0.1, -0.05) is 340 Å². The lowest BCUT2D eigenvalue weighted by Gasteiger charge is -2.20. The monoisotopic (exact) mass is 1780 g/mol. The summed E-state index contributed by atoms with van der Waals surface area (Å²) in [5, 5.41) is 18.9. The zero-order valence-corrected chi connectivity index (χ0v) is 75.9. The minimum atomic E-state index is 0.863. The van der Waals surface area contributed by atoms with Crippen LogP contribution in [0, 0.1) is 0 Å². The summed E-state index contributed by atoms with van der Waals surface area (Å²) in [7, 11) is 0. The van der Waals surface area contributed by atoms with Crippen molar-refractivity contribution in [2.45, 2.75) is 0 Å². The van der Waals surface area contributed by atoms with Crippen molar-refractivity contribution in [1.29, 1.82) is 0 Å². The van der Waals surface area contributed by atoms with Crippen LogP contribution in [0.25, 0.3) is 276 Å². The number of nitrogens with zero attached hydrogens (tertiary/aromatic N) is 8. The maximum absolute atomic E-state index is 5.78. The molecular weight excluding hydrogens is 1700 g/mol. The Morgan fingerprint density at radius 1 is 0.121 bits per heavy atom. The number of rotatable bonds is 14. The first-order chi connectivity index (χ1) is 69.5. The normalized spacial score (nSPS) is 12.0. The summed E-state index contributed by atoms with van der Waals surface area (Å²) in [4.78, 5) is 11.6. The lowest BCUT2D eigenvalue weighted by molar-refractivity contribution is 1.11. The van der Waals surface area contributed by atoms with Gasteiger partial charge in [0.2, 0.25) is 0 Å². The molecule has 0 spiro atoms. The van der Waals surface area contributed by atoms with Crippen molar-refractivity contribution < 1.29 is 0 Å². The van der Waals surface area contributed by atoms with E-state index in [1.807, 2.05) is 0 Å². The van der Waals surface area contributed by atoms with E-state index in [-0.39, 0.29) is 0 Å². The van der Waals surface area contributed by atoms with Crippen LogP contribution >= 0.6 is 0 Å². The predicted molar refractivity (Wildman–Crippen MR) is 587 cm³/mol. The van der Waals surface area contributed by atoms with E-state index in [0.29, 0.717) is 0 Å². The molecule has 29 rings (SSSR count). The highest BCUT2D eigenvalue weighted by molar-refractivity contribution is 6.26. The molecule has 650 valence electrons. The number of fused-ring (bicyclic) bond motifs is 24. The second-order valence-corrected chi connectivity index (χ2v) is 37.0. The summed E-state index contributed by atoms with van der Waals surface area (Å²) in [6.07, 6.45) is 0. The summed E-state index contributed by atoms with van der Waals surface area (Å²) >= 11 is 0. The van der Waals surface area contributed by atoms with Crippen LogP contribution in [0.1, 0.15) is 0 Å². The molecule has 0 amide bonds. The van der Waals surface area contributed by atoms with Gasteiger partial charge in [0.25, 0.3) is 0 Å². The molecule has 0 N–H and O–H groups in total. The van der Waals surface area contributed by atoms with Crippen molar-refractivity contribution in [1.82, 2.24) is 37.4 Å². The van der Waals surface area contributed by atoms with Crippen LogP contribution in [0.2, 0.25) is 0 Å². The molecule has 29 aromatic rings. The van der Waals surface area contributed by atoms with E-state index in [9.17, 15) is 0 Å². The van der Waals surface area contributed by atoms with Crippen LogP contribution in [-0.2, 0) is 0 Å². The van der Waals surface area contributed by atoms with Crippen LogP contribution in [0.15, 0.2) is 497 Å². The Kier molecular flexibility index (Phi) is 17.7. The Hall–Kier alpha value is -18.8. The number of aromatic nitrogens is 8. The van der Waals surface area contributed by atoms with Crippen LogP contribution < -0.4 is 0 Å². The largest absolute Gasteiger partial charge is 0.309 e. The molecule has 0 unspecified atom stereocenters. The summed E-state index contributed by atoms with van der Waals surface area (Å²) in [6, 6.07) is 184. The Morgan fingerprint density at radius 3 is 0.657 bits per heavy atom. The second kappa shape index (κ2) is 31.4. The lowest BCUT2D eigenvalue weighted by atomic mass is 9.85. The van der Waals surface area contributed by atoms with Gasteiger partial charge in [0.15, 0.2) is 0 Å². The highest BCUT2D eigenvalue weighted by Crippen LogP contribution is 2.50. The molecule has 23 aromatic carbocycles. The van der Waals surface area contributed by atoms with Gasteiger partial charge in [-0.3, -0.25) is 9.13 Å². The van der Waals surface area contributed by atoms with Crippen molar-refractivity contribution in [3.8, 4) is 124 Å². The molecule has 0 aliphatic carbocycles. The zero-order chi connectivity index (χ0) is 91.7. The average molecular weight is 1780 g/mol. The molecule has 0 atom stereocenters. The smallest absolute Gasteiger partial charge is 0.145 e. The number of imidazole rings is 2. The van der Waals surface area contributed by atoms with E-state index >= 15 is 0 Å². The van der Waals surface area contributed by atoms with Crippen molar-refractivity contribution in [3.05, 3.63) is 497 Å². The first kappa shape index (κ1) is 78.7. The lowest BCUT2D eigenvalue weighted by Crippen LogP contribution is -1.99. The minimum Gasteiger partial charge on any atom is -0.309 e. The van der Waals surface area contributed by atoms with Gasteiger partial charge in [-0.25, -0.2) is 9.97 Å². The van der Waals surface area contributed by atoms with E-state index in [1.165, 1.54) is 86.7 Å². The van der Waals surface area contributed by atoms with Crippen LogP contribution in [0.3, 0.4) is 0 Å². The van der Waals surface area contributed by atoms with Crippen molar-refractivity contribution in [2.24, 2.45) is 0 Å². The highest BCUT2D eigenvalue weighted by atomic mass is 15.1. The predicted octanol–water partition coefficient (Wildman–Crippen LogP) is 34.7. The van der Waals surface area contributed by atoms with E-state index in [0.717, 1.165) is 189 Å². The van der Waals surface area contributed by atoms with Gasteiger partial charge in [-0.15, -0.1) is 0 Å². The van der Waals surface area contributed by atoms with E-state index < -0.39 is 0 Å². The minimum absolute atomic E-state index is 0.863. The van der Waals surface area contributed by atoms with E-state index in [2.05, 4.69) is 525 Å². The second-order valence-electron chi connectivity index (χ2n) is 37.0. The molecule has 6 heterocycles. The summed E-state index contributed by atoms with van der Waals surface area (Å²) in [5.74, 6) is 1.73. The summed E-state index contributed by atoms with van der Waals surface area (Å²) in [6.45, 7) is 0. The molecule has 0 bridgehead atoms. The third-order valence-corrected chi connectivity index (χ3v) is 29.4. The number of benzene rings is 23. The maximum Gasteiger partial charge on any atom is 0.145 e. The third kappa shape index (κ3) is 12.2. The van der Waals surface area contributed by atoms with E-state index in [4.69, 9.17) is 9.97 Å². The molecular formula is C132H82N8. The average Bonchev–Trinajstić information content (AvgIpc) is 1.56. The standard InChI is InChI=1S/C132H82N8/c1-5-33-93(34-6-1)135-119-55-25-21-47-103(119)115-77-87(67-71-123(115)135)89-69-73-125-117(79-89)105-49-23-27-57-121(105)137(125)97-41-29-31-91(75-97)113-81-112(84-61-65-86(66-62-84)132-134-128-108-52-18-14-44-100(108)102-46-16-20-54-110(102)130(128)140(132)96-39-11-4-12-40-96)114(82-111(113)83-59-63-85(64-60-83)131-133-127-107-51-17-13-43-99(107)101-45-15-19-53-109(101)129(127)139(131)95-37-9-3-10-38-95)92-32-30-42-98(76-92)138-122-58-28-24-50-106(122)118-80-90(70-74-126(118)138)88-68-72-124-116(78-88)104-48-22-26-56-120(104)136(124)94-35-7-2-8-36-94/h1-82H.